The molecule has 1 aromatic rings. The van der Waals surface area contributed by atoms with Gasteiger partial charge in [-0.05, 0) is 25.0 Å². The highest BCUT2D eigenvalue weighted by Gasteiger charge is 2.31. The van der Waals surface area contributed by atoms with Crippen LogP contribution in [0, 0.1) is 5.82 Å². The summed E-state index contributed by atoms with van der Waals surface area (Å²) >= 11 is 5.81. The summed E-state index contributed by atoms with van der Waals surface area (Å²) in [5.41, 5.74) is -0.0198. The van der Waals surface area contributed by atoms with Crippen LogP contribution in [0.15, 0.2) is 18.2 Å². The van der Waals surface area contributed by atoms with E-state index in [1.165, 1.54) is 18.2 Å². The molecule has 2 rings (SSSR count). The third kappa shape index (κ3) is 1.97. The van der Waals surface area contributed by atoms with Crippen molar-refractivity contribution in [3.05, 3.63) is 34.6 Å². The van der Waals surface area contributed by atoms with Crippen molar-refractivity contribution in [2.75, 3.05) is 7.05 Å². The molecule has 0 bridgehead atoms. The first-order valence-corrected chi connectivity index (χ1v) is 5.20. The molecule has 80 valence electrons. The van der Waals surface area contributed by atoms with Gasteiger partial charge in [-0.2, -0.15) is 0 Å². The number of amides is 1. The minimum absolute atomic E-state index is 0.0198. The Bertz CT molecular complexity index is 383. The average Bonchev–Trinajstić information content (AvgIpc) is 2.99. The molecule has 0 aliphatic heterocycles. The van der Waals surface area contributed by atoms with Crippen molar-refractivity contribution in [2.45, 2.75) is 18.9 Å². The zero-order chi connectivity index (χ0) is 11.0. The van der Waals surface area contributed by atoms with Gasteiger partial charge in [0.2, 0.25) is 0 Å². The van der Waals surface area contributed by atoms with Crippen molar-refractivity contribution in [2.24, 2.45) is 0 Å². The summed E-state index contributed by atoms with van der Waals surface area (Å²) in [5, 5.41) is 0.174. The first kappa shape index (κ1) is 10.4. The number of nitrogens with zero attached hydrogens (tertiary/aromatic N) is 1. The fourth-order valence-corrected chi connectivity index (χ4v) is 1.75. The van der Waals surface area contributed by atoms with Gasteiger partial charge in [-0.3, -0.25) is 4.79 Å². The van der Waals surface area contributed by atoms with Gasteiger partial charge in [0.15, 0.2) is 0 Å². The van der Waals surface area contributed by atoms with Gasteiger partial charge in [0.05, 0.1) is 10.6 Å². The standard InChI is InChI=1S/C11H11ClFNO/c1-14(7-5-6-7)11(15)10-8(12)3-2-4-9(10)13/h2-4,7H,5-6H2,1H3. The predicted octanol–water partition coefficient (Wildman–Crippen LogP) is 2.71. The normalized spacial score (nSPS) is 15.1. The molecule has 0 heterocycles. The zero-order valence-corrected chi connectivity index (χ0v) is 9.09. The number of halogens is 2. The van der Waals surface area contributed by atoms with E-state index in [-0.39, 0.29) is 22.5 Å². The highest BCUT2D eigenvalue weighted by atomic mass is 35.5. The molecule has 1 aliphatic carbocycles. The van der Waals surface area contributed by atoms with E-state index in [9.17, 15) is 9.18 Å². The lowest BCUT2D eigenvalue weighted by Gasteiger charge is -2.17. The van der Waals surface area contributed by atoms with E-state index in [0.717, 1.165) is 12.8 Å². The second-order valence-electron chi connectivity index (χ2n) is 3.74. The van der Waals surface area contributed by atoms with Crippen LogP contribution in [0.2, 0.25) is 5.02 Å². The van der Waals surface area contributed by atoms with Crippen LogP contribution in [0.5, 0.6) is 0 Å². The molecule has 0 saturated heterocycles. The molecule has 4 heteroatoms. The molecule has 2 nitrogen and oxygen atoms in total. The van der Waals surface area contributed by atoms with Crippen LogP contribution in [0.4, 0.5) is 4.39 Å². The summed E-state index contributed by atoms with van der Waals surface area (Å²) in [5.74, 6) is -0.888. The van der Waals surface area contributed by atoms with E-state index in [1.807, 2.05) is 0 Å². The van der Waals surface area contributed by atoms with Crippen molar-refractivity contribution in [1.82, 2.24) is 4.90 Å². The maximum absolute atomic E-state index is 13.4. The summed E-state index contributed by atoms with van der Waals surface area (Å²) in [6, 6.07) is 4.53. The highest BCUT2D eigenvalue weighted by Crippen LogP contribution is 2.29. The average molecular weight is 228 g/mol. The maximum atomic E-state index is 13.4. The topological polar surface area (TPSA) is 20.3 Å². The Morgan fingerprint density at radius 3 is 2.73 bits per heavy atom. The number of carbonyl (C=O) groups excluding carboxylic acids is 1. The molecule has 1 saturated carbocycles. The van der Waals surface area contributed by atoms with E-state index >= 15 is 0 Å². The summed E-state index contributed by atoms with van der Waals surface area (Å²) in [4.78, 5) is 13.4. The van der Waals surface area contributed by atoms with E-state index in [0.29, 0.717) is 0 Å². The van der Waals surface area contributed by atoms with Crippen LogP contribution in [0.1, 0.15) is 23.2 Å². The van der Waals surface area contributed by atoms with E-state index in [4.69, 9.17) is 11.6 Å². The largest absolute Gasteiger partial charge is 0.339 e. The summed E-state index contributed by atoms with van der Waals surface area (Å²) in [7, 11) is 1.68. The quantitative estimate of drug-likeness (QED) is 0.761. The Labute approximate surface area is 92.6 Å². The fraction of sp³-hybridized carbons (Fsp3) is 0.364. The molecular weight excluding hydrogens is 217 g/mol. The molecule has 1 amide bonds. The molecule has 1 aromatic carbocycles. The molecular formula is C11H11ClFNO. The van der Waals surface area contributed by atoms with Crippen LogP contribution in [0.25, 0.3) is 0 Å². The fourth-order valence-electron chi connectivity index (χ4n) is 1.51. The summed E-state index contributed by atoms with van der Waals surface area (Å²) < 4.78 is 13.4. The van der Waals surface area contributed by atoms with Gasteiger partial charge in [0.1, 0.15) is 5.82 Å². The minimum atomic E-state index is -0.556. The molecule has 0 atom stereocenters. The van der Waals surface area contributed by atoms with Crippen LogP contribution in [-0.4, -0.2) is 23.9 Å². The van der Waals surface area contributed by atoms with Gasteiger partial charge in [-0.15, -0.1) is 0 Å². The molecule has 0 aromatic heterocycles. The number of rotatable bonds is 2. The van der Waals surface area contributed by atoms with Gasteiger partial charge in [0, 0.05) is 13.1 Å². The van der Waals surface area contributed by atoms with Gasteiger partial charge >= 0.3 is 0 Å². The summed E-state index contributed by atoms with van der Waals surface area (Å²) in [6.07, 6.45) is 1.99. The SMILES string of the molecule is CN(C(=O)c1c(F)cccc1Cl)C1CC1. The molecule has 1 aliphatic rings. The minimum Gasteiger partial charge on any atom is -0.339 e. The van der Waals surface area contributed by atoms with Gasteiger partial charge < -0.3 is 4.90 Å². The third-order valence-corrected chi connectivity index (χ3v) is 2.91. The van der Waals surface area contributed by atoms with Crippen molar-refractivity contribution < 1.29 is 9.18 Å². The summed E-state index contributed by atoms with van der Waals surface area (Å²) in [6.45, 7) is 0. The van der Waals surface area contributed by atoms with Crippen LogP contribution in [-0.2, 0) is 0 Å². The van der Waals surface area contributed by atoms with Crippen LogP contribution in [0.3, 0.4) is 0 Å². The lowest BCUT2D eigenvalue weighted by molar-refractivity contribution is 0.0780. The monoisotopic (exact) mass is 227 g/mol. The predicted molar refractivity (Wildman–Crippen MR) is 56.5 cm³/mol. The number of carbonyl (C=O) groups is 1. The highest BCUT2D eigenvalue weighted by molar-refractivity contribution is 6.33. The lowest BCUT2D eigenvalue weighted by atomic mass is 10.2. The Morgan fingerprint density at radius 1 is 1.53 bits per heavy atom. The number of benzene rings is 1. The molecule has 0 unspecified atom stereocenters. The molecule has 1 fully saturated rings. The van der Waals surface area contributed by atoms with E-state index < -0.39 is 5.82 Å². The van der Waals surface area contributed by atoms with Crippen molar-refractivity contribution in [1.29, 1.82) is 0 Å². The Hall–Kier alpha value is -1.09. The molecule has 0 radical (unpaired) electrons. The van der Waals surface area contributed by atoms with Crippen molar-refractivity contribution >= 4 is 17.5 Å². The van der Waals surface area contributed by atoms with Gasteiger partial charge in [-0.25, -0.2) is 4.39 Å². The van der Waals surface area contributed by atoms with Gasteiger partial charge in [-0.1, -0.05) is 17.7 Å². The van der Waals surface area contributed by atoms with Crippen LogP contribution < -0.4 is 0 Å². The zero-order valence-electron chi connectivity index (χ0n) is 8.34. The first-order valence-electron chi connectivity index (χ1n) is 4.82. The second kappa shape index (κ2) is 3.81. The Balaban J connectivity index is 2.31. The van der Waals surface area contributed by atoms with E-state index in [2.05, 4.69) is 0 Å². The first-order chi connectivity index (χ1) is 7.11. The molecule has 0 spiro atoms. The van der Waals surface area contributed by atoms with E-state index in [1.54, 1.807) is 11.9 Å². The number of hydrogen-bond acceptors (Lipinski definition) is 1. The maximum Gasteiger partial charge on any atom is 0.258 e. The smallest absolute Gasteiger partial charge is 0.258 e. The van der Waals surface area contributed by atoms with Crippen molar-refractivity contribution in [3.63, 3.8) is 0 Å². The molecule has 0 N–H and O–H groups in total. The molecule has 15 heavy (non-hydrogen) atoms. The van der Waals surface area contributed by atoms with Crippen molar-refractivity contribution in [3.8, 4) is 0 Å². The Morgan fingerprint density at radius 2 is 2.20 bits per heavy atom. The Kier molecular flexibility index (Phi) is 2.65. The van der Waals surface area contributed by atoms with Gasteiger partial charge in [0.25, 0.3) is 5.91 Å². The second-order valence-corrected chi connectivity index (χ2v) is 4.15. The lowest BCUT2D eigenvalue weighted by Crippen LogP contribution is -2.29. The third-order valence-electron chi connectivity index (χ3n) is 2.59. The number of hydrogen-bond donors (Lipinski definition) is 0. The van der Waals surface area contributed by atoms with Crippen LogP contribution >= 0.6 is 11.6 Å².